The molecule has 23 heavy (non-hydrogen) atoms. The molecule has 0 aromatic heterocycles. The van der Waals surface area contributed by atoms with Gasteiger partial charge in [0.25, 0.3) is 10.0 Å². The fourth-order valence-corrected chi connectivity index (χ4v) is 3.11. The number of phenolic OH excluding ortho intramolecular Hbond substituents is 1. The summed E-state index contributed by atoms with van der Waals surface area (Å²) in [7, 11) is -3.80. The maximum Gasteiger partial charge on any atom is 0.341 e. The lowest BCUT2D eigenvalue weighted by Gasteiger charge is -2.10. The maximum absolute atomic E-state index is 12.3. The van der Waals surface area contributed by atoms with Crippen LogP contribution in [0.3, 0.4) is 0 Å². The van der Waals surface area contributed by atoms with Gasteiger partial charge in [-0.1, -0.05) is 15.9 Å². The normalized spacial score (nSPS) is 11.0. The molecule has 0 saturated heterocycles. The lowest BCUT2D eigenvalue weighted by atomic mass is 10.2. The smallest absolute Gasteiger partial charge is 0.341 e. The molecule has 0 saturated carbocycles. The van der Waals surface area contributed by atoms with Gasteiger partial charge in [0.15, 0.2) is 0 Å². The Morgan fingerprint density at radius 3 is 2.48 bits per heavy atom. The molecule has 0 aliphatic rings. The van der Waals surface area contributed by atoms with Crippen LogP contribution in [-0.2, 0) is 14.8 Å². The number of hydrogen-bond acceptors (Lipinski definition) is 5. The van der Waals surface area contributed by atoms with E-state index in [0.29, 0.717) is 0 Å². The van der Waals surface area contributed by atoms with Crippen LogP contribution in [-0.4, -0.2) is 26.1 Å². The summed E-state index contributed by atoms with van der Waals surface area (Å²) in [6, 6.07) is 9.91. The number of carbonyl (C=O) groups is 1. The number of phenols is 1. The van der Waals surface area contributed by atoms with Gasteiger partial charge < -0.3 is 9.84 Å². The number of anilines is 1. The van der Waals surface area contributed by atoms with Gasteiger partial charge in [0.2, 0.25) is 0 Å². The number of rotatable bonds is 5. The van der Waals surface area contributed by atoms with Crippen molar-refractivity contribution in [1.29, 1.82) is 0 Å². The van der Waals surface area contributed by atoms with Crippen LogP contribution in [0.2, 0.25) is 0 Å². The van der Waals surface area contributed by atoms with Gasteiger partial charge >= 0.3 is 5.97 Å². The second-order valence-electron chi connectivity index (χ2n) is 4.51. The van der Waals surface area contributed by atoms with Crippen LogP contribution >= 0.6 is 15.9 Å². The first-order valence-electron chi connectivity index (χ1n) is 6.62. The minimum Gasteiger partial charge on any atom is -0.507 e. The summed E-state index contributed by atoms with van der Waals surface area (Å²) in [4.78, 5) is 11.8. The molecule has 0 aliphatic heterocycles. The molecule has 122 valence electrons. The molecule has 0 unspecified atom stereocenters. The molecule has 0 radical (unpaired) electrons. The Morgan fingerprint density at radius 2 is 1.87 bits per heavy atom. The Balaban J connectivity index is 2.31. The zero-order chi connectivity index (χ0) is 17.0. The van der Waals surface area contributed by atoms with Gasteiger partial charge in [0.05, 0.1) is 11.5 Å². The van der Waals surface area contributed by atoms with Gasteiger partial charge in [0, 0.05) is 10.2 Å². The van der Waals surface area contributed by atoms with E-state index in [1.54, 1.807) is 19.1 Å². The summed E-state index contributed by atoms with van der Waals surface area (Å²) in [5.41, 5.74) is 0.0385. The third-order valence-corrected chi connectivity index (χ3v) is 4.79. The number of hydrogen-bond donors (Lipinski definition) is 2. The molecule has 0 fully saturated rings. The van der Waals surface area contributed by atoms with Gasteiger partial charge in [-0.3, -0.25) is 4.72 Å². The Bertz CT molecular complexity index is 818. The lowest BCUT2D eigenvalue weighted by Crippen LogP contribution is -2.13. The van der Waals surface area contributed by atoms with Crippen LogP contribution in [0.25, 0.3) is 0 Å². The molecule has 2 rings (SSSR count). The van der Waals surface area contributed by atoms with E-state index in [9.17, 15) is 18.3 Å². The van der Waals surface area contributed by atoms with E-state index in [2.05, 4.69) is 20.7 Å². The maximum atomic E-state index is 12.3. The summed E-state index contributed by atoms with van der Waals surface area (Å²) in [5.74, 6) is -1.01. The standard InChI is InChI=1S/C15H14BrNO5S/c1-2-22-15(19)13-9-11(5-8-14(13)18)17-23(20,21)12-6-3-10(16)4-7-12/h3-9,17-18H,2H2,1H3. The Kier molecular flexibility index (Phi) is 5.27. The van der Waals surface area contributed by atoms with Crippen LogP contribution in [0, 0.1) is 0 Å². The topological polar surface area (TPSA) is 92.7 Å². The number of benzene rings is 2. The van der Waals surface area contributed by atoms with Crippen LogP contribution in [0.1, 0.15) is 17.3 Å². The number of esters is 1. The van der Waals surface area contributed by atoms with Crippen molar-refractivity contribution in [3.05, 3.63) is 52.5 Å². The molecule has 2 N–H and O–H groups in total. The summed E-state index contributed by atoms with van der Waals surface area (Å²) in [5, 5.41) is 9.69. The molecular formula is C15H14BrNO5S. The lowest BCUT2D eigenvalue weighted by molar-refractivity contribution is 0.0523. The van der Waals surface area contributed by atoms with Crippen molar-refractivity contribution in [3.8, 4) is 5.75 Å². The quantitative estimate of drug-likeness (QED) is 0.594. The Hall–Kier alpha value is -2.06. The third-order valence-electron chi connectivity index (χ3n) is 2.87. The van der Waals surface area contributed by atoms with E-state index in [0.717, 1.165) is 4.47 Å². The van der Waals surface area contributed by atoms with Crippen molar-refractivity contribution >= 4 is 37.6 Å². The molecule has 6 nitrogen and oxygen atoms in total. The van der Waals surface area contributed by atoms with Crippen LogP contribution < -0.4 is 4.72 Å². The highest BCUT2D eigenvalue weighted by atomic mass is 79.9. The van der Waals surface area contributed by atoms with E-state index >= 15 is 0 Å². The number of ether oxygens (including phenoxy) is 1. The third kappa shape index (κ3) is 4.23. The fraction of sp³-hybridized carbons (Fsp3) is 0.133. The molecule has 0 bridgehead atoms. The highest BCUT2D eigenvalue weighted by Crippen LogP contribution is 2.25. The summed E-state index contributed by atoms with van der Waals surface area (Å²) in [6.45, 7) is 1.78. The van der Waals surface area contributed by atoms with Gasteiger partial charge in [-0.2, -0.15) is 0 Å². The molecule has 0 heterocycles. The Morgan fingerprint density at radius 1 is 1.22 bits per heavy atom. The van der Waals surface area contributed by atoms with Crippen LogP contribution in [0.5, 0.6) is 5.75 Å². The molecule has 2 aromatic carbocycles. The van der Waals surface area contributed by atoms with Gasteiger partial charge in [0.1, 0.15) is 11.3 Å². The number of aromatic hydroxyl groups is 1. The predicted octanol–water partition coefficient (Wildman–Crippen LogP) is 3.13. The Labute approximate surface area is 142 Å². The van der Waals surface area contributed by atoms with Gasteiger partial charge in [-0.05, 0) is 49.4 Å². The average molecular weight is 400 g/mol. The average Bonchev–Trinajstić information content (AvgIpc) is 2.49. The van der Waals surface area contributed by atoms with Gasteiger partial charge in [-0.25, -0.2) is 13.2 Å². The van der Waals surface area contributed by atoms with Crippen molar-refractivity contribution < 1.29 is 23.1 Å². The van der Waals surface area contributed by atoms with Crippen molar-refractivity contribution in [2.24, 2.45) is 0 Å². The molecular weight excluding hydrogens is 386 g/mol. The molecule has 0 aliphatic carbocycles. The van der Waals surface area contributed by atoms with E-state index in [4.69, 9.17) is 4.74 Å². The first-order valence-corrected chi connectivity index (χ1v) is 8.89. The molecule has 0 spiro atoms. The minimum absolute atomic E-state index is 0.0754. The molecule has 8 heteroatoms. The molecule has 0 amide bonds. The number of halogens is 1. The van der Waals surface area contributed by atoms with Crippen molar-refractivity contribution in [3.63, 3.8) is 0 Å². The summed E-state index contributed by atoms with van der Waals surface area (Å²) >= 11 is 3.23. The number of nitrogens with one attached hydrogen (secondary N) is 1. The number of carbonyl (C=O) groups excluding carboxylic acids is 1. The minimum atomic E-state index is -3.80. The zero-order valence-electron chi connectivity index (χ0n) is 12.1. The van der Waals surface area contributed by atoms with E-state index in [-0.39, 0.29) is 28.5 Å². The fourth-order valence-electron chi connectivity index (χ4n) is 1.80. The SMILES string of the molecule is CCOC(=O)c1cc(NS(=O)(=O)c2ccc(Br)cc2)ccc1O. The monoisotopic (exact) mass is 399 g/mol. The summed E-state index contributed by atoms with van der Waals surface area (Å²) < 4.78 is 32.5. The highest BCUT2D eigenvalue weighted by molar-refractivity contribution is 9.10. The van der Waals surface area contributed by atoms with Crippen molar-refractivity contribution in [1.82, 2.24) is 0 Å². The van der Waals surface area contributed by atoms with Crippen LogP contribution in [0.15, 0.2) is 51.8 Å². The summed E-state index contributed by atoms with van der Waals surface area (Å²) in [6.07, 6.45) is 0. The highest BCUT2D eigenvalue weighted by Gasteiger charge is 2.17. The largest absolute Gasteiger partial charge is 0.507 e. The number of sulfonamides is 1. The first-order chi connectivity index (χ1) is 10.8. The molecule has 2 aromatic rings. The van der Waals surface area contributed by atoms with E-state index in [1.807, 2.05) is 0 Å². The van der Waals surface area contributed by atoms with Crippen LogP contribution in [0.4, 0.5) is 5.69 Å². The first kappa shape index (κ1) is 17.3. The van der Waals surface area contributed by atoms with Gasteiger partial charge in [-0.15, -0.1) is 0 Å². The molecule has 0 atom stereocenters. The zero-order valence-corrected chi connectivity index (χ0v) is 14.5. The second kappa shape index (κ2) is 7.01. The van der Waals surface area contributed by atoms with Crippen molar-refractivity contribution in [2.45, 2.75) is 11.8 Å². The second-order valence-corrected chi connectivity index (χ2v) is 7.11. The predicted molar refractivity (Wildman–Crippen MR) is 89.0 cm³/mol. The van der Waals surface area contributed by atoms with E-state index < -0.39 is 16.0 Å². The van der Waals surface area contributed by atoms with E-state index in [1.165, 1.54) is 30.3 Å². The van der Waals surface area contributed by atoms with Crippen molar-refractivity contribution in [2.75, 3.05) is 11.3 Å².